The summed E-state index contributed by atoms with van der Waals surface area (Å²) in [6, 6.07) is 0. The first-order valence-electron chi connectivity index (χ1n) is 24.0. The van der Waals surface area contributed by atoms with E-state index in [0.29, 0.717) is 6.47 Å². The second-order valence-corrected chi connectivity index (χ2v) is 15.6. The topological polar surface area (TPSA) is 110 Å². The molecular weight excluding hydrogens is 685 g/mol. The summed E-state index contributed by atoms with van der Waals surface area (Å²) in [4.78, 5) is 32.2. The molecule has 0 aromatic carbocycles. The highest BCUT2D eigenvalue weighted by Crippen LogP contribution is 2.17. The molecule has 0 spiro atoms. The number of nitrogens with two attached hydrogens (primary N) is 1. The zero-order chi connectivity index (χ0) is 41.6. The van der Waals surface area contributed by atoms with E-state index in [1.807, 2.05) is 0 Å². The summed E-state index contributed by atoms with van der Waals surface area (Å²) in [5.74, 6) is 0. The van der Waals surface area contributed by atoms with Gasteiger partial charge in [0.1, 0.15) is 12.4 Å². The zero-order valence-corrected chi connectivity index (χ0v) is 38.0. The van der Waals surface area contributed by atoms with E-state index < -0.39 is 0 Å². The molecular formula is C48H100N2O5. The first kappa shape index (κ1) is 60.2. The van der Waals surface area contributed by atoms with E-state index in [4.69, 9.17) is 14.6 Å². The minimum atomic E-state index is -0.250. The summed E-state index contributed by atoms with van der Waals surface area (Å²) in [5.41, 5.74) is 4.50. The van der Waals surface area contributed by atoms with Gasteiger partial charge in [-0.25, -0.2) is 0 Å². The molecule has 332 valence electrons. The van der Waals surface area contributed by atoms with Crippen molar-refractivity contribution in [3.05, 3.63) is 0 Å². The normalized spacial score (nSPS) is 10.5. The lowest BCUT2D eigenvalue weighted by Gasteiger charge is -2.22. The average Bonchev–Trinajstić information content (AvgIpc) is 3.20. The van der Waals surface area contributed by atoms with Crippen LogP contribution >= 0.6 is 0 Å². The minimum absolute atomic E-state index is 0.171. The average molecular weight is 785 g/mol. The first-order chi connectivity index (χ1) is 27.1. The predicted molar refractivity (Wildman–Crippen MR) is 241 cm³/mol. The molecule has 0 aromatic heterocycles. The third-order valence-corrected chi connectivity index (χ3v) is 10.5. The molecule has 0 saturated carbocycles. The van der Waals surface area contributed by atoms with Gasteiger partial charge in [0, 0.05) is 6.42 Å². The Morgan fingerprint density at radius 3 is 0.964 bits per heavy atom. The van der Waals surface area contributed by atoms with Crippen molar-refractivity contribution in [2.75, 3.05) is 26.7 Å². The maximum atomic E-state index is 10.6. The quantitative estimate of drug-likeness (QED) is 0.0468. The summed E-state index contributed by atoms with van der Waals surface area (Å²) in [5, 5.41) is 6.89. The summed E-state index contributed by atoms with van der Waals surface area (Å²) in [6.07, 6.45) is 49.0. The molecule has 0 aliphatic carbocycles. The van der Waals surface area contributed by atoms with Gasteiger partial charge in [0.15, 0.2) is 0 Å². The number of hydrogen-bond acceptors (Lipinski definition) is 6. The monoisotopic (exact) mass is 785 g/mol. The molecule has 0 aromatic rings. The number of nitrogens with zero attached hydrogens (tertiary/aromatic N) is 1. The third-order valence-electron chi connectivity index (χ3n) is 10.5. The van der Waals surface area contributed by atoms with Gasteiger partial charge in [-0.3, -0.25) is 9.59 Å². The SMILES string of the molecule is CCCCCCCCC(CCCCCCCC)OC=O.CCCCCCCCCCCCCCCCN(CCCC=O)CCCCCCCC.CN.O=CO. The van der Waals surface area contributed by atoms with Crippen LogP contribution in [0.1, 0.15) is 259 Å². The second kappa shape index (κ2) is 61.7. The summed E-state index contributed by atoms with van der Waals surface area (Å²) in [7, 11) is 1.50. The van der Waals surface area contributed by atoms with Crippen LogP contribution in [0.3, 0.4) is 0 Å². The summed E-state index contributed by atoms with van der Waals surface area (Å²) in [6.45, 7) is 13.1. The minimum Gasteiger partial charge on any atom is -0.483 e. The number of hydrogen-bond donors (Lipinski definition) is 2. The fourth-order valence-electron chi connectivity index (χ4n) is 7.04. The van der Waals surface area contributed by atoms with Gasteiger partial charge in [0.2, 0.25) is 0 Å². The Labute approximate surface area is 344 Å². The molecule has 0 aliphatic heterocycles. The molecule has 0 unspecified atom stereocenters. The van der Waals surface area contributed by atoms with Crippen molar-refractivity contribution in [3.8, 4) is 0 Å². The molecule has 3 N–H and O–H groups in total. The lowest BCUT2D eigenvalue weighted by molar-refractivity contribution is -0.134. The van der Waals surface area contributed by atoms with E-state index in [-0.39, 0.29) is 12.6 Å². The van der Waals surface area contributed by atoms with Crippen LogP contribution in [0.2, 0.25) is 0 Å². The van der Waals surface area contributed by atoms with E-state index >= 15 is 0 Å². The lowest BCUT2D eigenvalue weighted by Crippen LogP contribution is -2.27. The van der Waals surface area contributed by atoms with Crippen molar-refractivity contribution in [2.45, 2.75) is 265 Å². The summed E-state index contributed by atoms with van der Waals surface area (Å²) < 4.78 is 5.22. The maximum absolute atomic E-state index is 10.6. The van der Waals surface area contributed by atoms with E-state index in [2.05, 4.69) is 38.3 Å². The van der Waals surface area contributed by atoms with Gasteiger partial charge in [-0.05, 0) is 71.6 Å². The molecule has 0 bridgehead atoms. The van der Waals surface area contributed by atoms with Crippen molar-refractivity contribution in [2.24, 2.45) is 5.73 Å². The highest BCUT2D eigenvalue weighted by Gasteiger charge is 2.09. The fourth-order valence-corrected chi connectivity index (χ4v) is 7.04. The Kier molecular flexibility index (Phi) is 67.6. The van der Waals surface area contributed by atoms with Crippen LogP contribution in [0.15, 0.2) is 0 Å². The van der Waals surface area contributed by atoms with E-state index in [0.717, 1.165) is 38.5 Å². The molecule has 0 radical (unpaired) electrons. The number of rotatable bonds is 42. The number of carboxylic acid groups (broad SMARTS) is 1. The Morgan fingerprint density at radius 2 is 0.691 bits per heavy atom. The molecule has 0 saturated heterocycles. The molecule has 55 heavy (non-hydrogen) atoms. The highest BCUT2D eigenvalue weighted by atomic mass is 16.5. The lowest BCUT2D eigenvalue weighted by atomic mass is 10.0. The van der Waals surface area contributed by atoms with Crippen molar-refractivity contribution in [1.82, 2.24) is 4.90 Å². The molecule has 0 rings (SSSR count). The van der Waals surface area contributed by atoms with E-state index in [1.165, 1.54) is 226 Å². The molecule has 0 amide bonds. The number of unbranched alkanes of at least 4 members (excludes halogenated alkanes) is 29. The van der Waals surface area contributed by atoms with Crippen molar-refractivity contribution < 1.29 is 24.2 Å². The Morgan fingerprint density at radius 1 is 0.436 bits per heavy atom. The van der Waals surface area contributed by atoms with Gasteiger partial charge in [-0.15, -0.1) is 0 Å². The number of ether oxygens (including phenoxy) is 1. The molecule has 0 fully saturated rings. The van der Waals surface area contributed by atoms with E-state index in [9.17, 15) is 9.59 Å². The Hall–Kier alpha value is -1.47. The molecule has 7 heteroatoms. The highest BCUT2D eigenvalue weighted by molar-refractivity contribution is 5.49. The molecule has 0 aliphatic rings. The van der Waals surface area contributed by atoms with Gasteiger partial charge in [-0.1, -0.05) is 207 Å². The standard InChI is InChI=1S/C28H57NO.C18H36O2.CH5N.CH2O2/c1-3-5-7-9-11-12-13-14-15-16-17-18-20-22-26-29(27-23-24-28-30)25-21-19-10-8-6-4-2;1-3-5-7-9-11-13-15-18(20-17-19)16-14-12-10-8-6-4-2;1-2;2-1-3/h28H,3-27H2,1-2H3;17-18H,3-16H2,1-2H3;2H2,1H3;1H,(H,2,3). The third kappa shape index (κ3) is 61.9. The van der Waals surface area contributed by atoms with Gasteiger partial charge in [-0.2, -0.15) is 0 Å². The van der Waals surface area contributed by atoms with Gasteiger partial charge in [0.25, 0.3) is 12.9 Å². The van der Waals surface area contributed by atoms with Crippen LogP contribution in [0.25, 0.3) is 0 Å². The predicted octanol–water partition coefficient (Wildman–Crippen LogP) is 14.4. The molecule has 0 atom stereocenters. The van der Waals surface area contributed by atoms with Crippen LogP contribution in [0, 0.1) is 0 Å². The Balaban J connectivity index is -0.000000449. The summed E-state index contributed by atoms with van der Waals surface area (Å²) >= 11 is 0. The van der Waals surface area contributed by atoms with Crippen LogP contribution in [-0.2, 0) is 19.1 Å². The number of aldehydes is 1. The maximum Gasteiger partial charge on any atom is 0.293 e. The first-order valence-corrected chi connectivity index (χ1v) is 24.0. The van der Waals surface area contributed by atoms with Crippen molar-refractivity contribution in [1.29, 1.82) is 0 Å². The van der Waals surface area contributed by atoms with Crippen molar-refractivity contribution >= 4 is 19.2 Å². The van der Waals surface area contributed by atoms with Crippen LogP contribution < -0.4 is 5.73 Å². The molecule has 0 heterocycles. The number of carbonyl (C=O) groups excluding carboxylic acids is 2. The van der Waals surface area contributed by atoms with Crippen LogP contribution in [0.5, 0.6) is 0 Å². The van der Waals surface area contributed by atoms with E-state index in [1.54, 1.807) is 0 Å². The smallest absolute Gasteiger partial charge is 0.293 e. The second-order valence-electron chi connectivity index (χ2n) is 15.6. The van der Waals surface area contributed by atoms with Crippen LogP contribution in [-0.4, -0.2) is 62.0 Å². The largest absolute Gasteiger partial charge is 0.483 e. The number of carbonyl (C=O) groups is 3. The van der Waals surface area contributed by atoms with Crippen LogP contribution in [0.4, 0.5) is 0 Å². The zero-order valence-electron chi connectivity index (χ0n) is 38.0. The molecule has 7 nitrogen and oxygen atoms in total. The Bertz CT molecular complexity index is 650. The fraction of sp³-hybridized carbons (Fsp3) is 0.938. The van der Waals surface area contributed by atoms with Gasteiger partial charge < -0.3 is 25.3 Å². The van der Waals surface area contributed by atoms with Crippen molar-refractivity contribution in [3.63, 3.8) is 0 Å². The van der Waals surface area contributed by atoms with Gasteiger partial charge >= 0.3 is 0 Å². The van der Waals surface area contributed by atoms with Gasteiger partial charge in [0.05, 0.1) is 0 Å².